The van der Waals surface area contributed by atoms with E-state index in [9.17, 15) is 0 Å². The molecule has 0 rings (SSSR count). The molecule has 0 saturated carbocycles. The van der Waals surface area contributed by atoms with E-state index in [0.717, 1.165) is 12.5 Å². The molecule has 0 spiro atoms. The summed E-state index contributed by atoms with van der Waals surface area (Å²) in [7, 11) is 2.46. The summed E-state index contributed by atoms with van der Waals surface area (Å²) in [5.74, 6) is 0.302. The lowest BCUT2D eigenvalue weighted by Gasteiger charge is -2.36. The summed E-state index contributed by atoms with van der Waals surface area (Å²) in [6, 6.07) is 0.766. The van der Waals surface area contributed by atoms with Gasteiger partial charge in [-0.15, -0.1) is 12.4 Å². The maximum absolute atomic E-state index is 6.63. The molecule has 6 heteroatoms. The molecule has 0 saturated heterocycles. The number of halogens is 1. The van der Waals surface area contributed by atoms with Gasteiger partial charge in [-0.1, -0.05) is 104 Å². The lowest BCUT2D eigenvalue weighted by atomic mass is 9.84. The van der Waals surface area contributed by atoms with Crippen molar-refractivity contribution in [2.75, 3.05) is 21.3 Å². The molecule has 0 aliphatic rings. The molecule has 184 valence electrons. The molecule has 0 aromatic heterocycles. The van der Waals surface area contributed by atoms with Crippen molar-refractivity contribution in [3.63, 3.8) is 0 Å². The fourth-order valence-corrected chi connectivity index (χ4v) is 6.27. The molecular weight excluding hydrogens is 414 g/mol. The highest BCUT2D eigenvalue weighted by Gasteiger charge is 2.43. The lowest BCUT2D eigenvalue weighted by Crippen LogP contribution is -2.51. The fraction of sp³-hybridized carbons (Fsp3) is 1.00. The molecule has 4 nitrogen and oxygen atoms in total. The number of hydrogen-bond donors (Lipinski definition) is 1. The third-order valence-corrected chi connectivity index (χ3v) is 9.66. The molecule has 0 heterocycles. The molecule has 0 radical (unpaired) electrons. The highest BCUT2D eigenvalue weighted by Crippen LogP contribution is 2.30. The van der Waals surface area contributed by atoms with E-state index in [1.165, 1.54) is 89.9 Å². The first-order chi connectivity index (χ1) is 13.9. The highest BCUT2D eigenvalue weighted by atomic mass is 35.5. The molecule has 0 aliphatic carbocycles. The van der Waals surface area contributed by atoms with Crippen LogP contribution in [-0.2, 0) is 13.3 Å². The molecule has 30 heavy (non-hydrogen) atoms. The monoisotopic (exact) mass is 467 g/mol. The van der Waals surface area contributed by atoms with Crippen molar-refractivity contribution in [1.29, 1.82) is 0 Å². The molecule has 0 aromatic carbocycles. The van der Waals surface area contributed by atoms with Crippen molar-refractivity contribution >= 4 is 21.2 Å². The molecule has 0 bridgehead atoms. The lowest BCUT2D eigenvalue weighted by molar-refractivity contribution is 0.112. The van der Waals surface area contributed by atoms with Gasteiger partial charge in [-0.25, -0.2) is 0 Å². The Morgan fingerprint density at radius 2 is 1.03 bits per heavy atom. The minimum Gasteiger partial charge on any atom is -0.377 e. The number of rotatable bonds is 21. The Morgan fingerprint density at radius 1 is 0.700 bits per heavy atom. The van der Waals surface area contributed by atoms with Gasteiger partial charge >= 0.3 is 8.80 Å². The quantitative estimate of drug-likeness (QED) is 0.140. The Bertz CT molecular complexity index is 360. The van der Waals surface area contributed by atoms with Crippen LogP contribution < -0.4 is 5.73 Å². The average Bonchev–Trinajstić information content (AvgIpc) is 2.72. The van der Waals surface area contributed by atoms with Crippen molar-refractivity contribution in [3.8, 4) is 0 Å². The summed E-state index contributed by atoms with van der Waals surface area (Å²) in [4.78, 5) is 0. The zero-order chi connectivity index (χ0) is 22.0. The van der Waals surface area contributed by atoms with E-state index in [4.69, 9.17) is 19.0 Å². The Labute approximate surface area is 196 Å². The maximum atomic E-state index is 6.63. The molecule has 2 unspecified atom stereocenters. The Kier molecular flexibility index (Phi) is 21.7. The van der Waals surface area contributed by atoms with Crippen molar-refractivity contribution in [3.05, 3.63) is 0 Å². The Morgan fingerprint density at radius 3 is 1.37 bits per heavy atom. The molecule has 0 amide bonds. The SMILES string of the molecule is CCCCCCCCCCCCCCCCC(C)(N)C(C)C[Si](OC)(OC)OC.Cl. The maximum Gasteiger partial charge on any atom is 0.500 e. The van der Waals surface area contributed by atoms with E-state index in [1.807, 2.05) is 0 Å². The summed E-state index contributed by atoms with van der Waals surface area (Å²) in [6.45, 7) is 6.65. The third-order valence-electron chi connectivity index (χ3n) is 6.68. The van der Waals surface area contributed by atoms with Gasteiger partial charge in [0.1, 0.15) is 0 Å². The molecular formula is C24H54ClNO3Si. The number of unbranched alkanes of at least 4 members (excludes halogenated alkanes) is 13. The Hall–Kier alpha value is 0.347. The predicted molar refractivity (Wildman–Crippen MR) is 136 cm³/mol. The van der Waals surface area contributed by atoms with Crippen molar-refractivity contribution in [2.45, 2.75) is 129 Å². The number of nitrogens with two attached hydrogens (primary N) is 1. The minimum atomic E-state index is -2.56. The van der Waals surface area contributed by atoms with Crippen LogP contribution in [0.25, 0.3) is 0 Å². The standard InChI is InChI=1S/C24H53NO3Si.ClH/c1-7-8-9-10-11-12-13-14-15-16-17-18-19-20-21-24(3,25)23(2)22-29(26-4,27-5)28-6;/h23H,7-22,25H2,1-6H3;1H. The van der Waals surface area contributed by atoms with Crippen LogP contribution in [0.4, 0.5) is 0 Å². The topological polar surface area (TPSA) is 53.7 Å². The van der Waals surface area contributed by atoms with E-state index in [-0.39, 0.29) is 17.9 Å². The third kappa shape index (κ3) is 15.2. The van der Waals surface area contributed by atoms with Crippen LogP contribution in [0.15, 0.2) is 0 Å². The van der Waals surface area contributed by atoms with Crippen LogP contribution in [0.1, 0.15) is 117 Å². The summed E-state index contributed by atoms with van der Waals surface area (Å²) in [6.07, 6.45) is 20.5. The fourth-order valence-electron chi connectivity index (χ4n) is 4.06. The predicted octanol–water partition coefficient (Wildman–Crippen LogP) is 7.51. The van der Waals surface area contributed by atoms with Crippen LogP contribution in [0.3, 0.4) is 0 Å². The van der Waals surface area contributed by atoms with E-state index < -0.39 is 8.80 Å². The van der Waals surface area contributed by atoms with Crippen molar-refractivity contribution < 1.29 is 13.3 Å². The zero-order valence-electron chi connectivity index (χ0n) is 21.1. The summed E-state index contributed by atoms with van der Waals surface area (Å²) in [5.41, 5.74) is 6.43. The van der Waals surface area contributed by atoms with Gasteiger partial charge in [0.2, 0.25) is 0 Å². The molecule has 0 aliphatic heterocycles. The minimum absolute atomic E-state index is 0. The van der Waals surface area contributed by atoms with Crippen LogP contribution in [0, 0.1) is 5.92 Å². The second-order valence-corrected chi connectivity index (χ2v) is 12.3. The van der Waals surface area contributed by atoms with E-state index in [1.54, 1.807) is 21.3 Å². The first-order valence-corrected chi connectivity index (χ1v) is 14.2. The van der Waals surface area contributed by atoms with Gasteiger partial charge in [0, 0.05) is 32.9 Å². The second-order valence-electron chi connectivity index (χ2n) is 9.25. The van der Waals surface area contributed by atoms with Crippen LogP contribution in [-0.4, -0.2) is 35.7 Å². The van der Waals surface area contributed by atoms with Crippen molar-refractivity contribution in [1.82, 2.24) is 0 Å². The van der Waals surface area contributed by atoms with E-state index in [2.05, 4.69) is 20.8 Å². The van der Waals surface area contributed by atoms with Gasteiger partial charge in [-0.3, -0.25) is 0 Å². The van der Waals surface area contributed by atoms with Crippen molar-refractivity contribution in [2.24, 2.45) is 11.7 Å². The Balaban J connectivity index is 0. The van der Waals surface area contributed by atoms with Gasteiger partial charge < -0.3 is 19.0 Å². The molecule has 0 fully saturated rings. The summed E-state index contributed by atoms with van der Waals surface area (Å²) in [5, 5.41) is 0. The van der Waals surface area contributed by atoms with Crippen LogP contribution in [0.5, 0.6) is 0 Å². The van der Waals surface area contributed by atoms with Gasteiger partial charge in [0.25, 0.3) is 0 Å². The van der Waals surface area contributed by atoms with Gasteiger partial charge in [-0.2, -0.15) is 0 Å². The molecule has 2 N–H and O–H groups in total. The van der Waals surface area contributed by atoms with Crippen LogP contribution >= 0.6 is 12.4 Å². The first-order valence-electron chi connectivity index (χ1n) is 12.3. The normalized spacial score (nSPS) is 14.9. The molecule has 2 atom stereocenters. The van der Waals surface area contributed by atoms with E-state index in [0.29, 0.717) is 5.92 Å². The van der Waals surface area contributed by atoms with Gasteiger partial charge in [0.15, 0.2) is 0 Å². The summed E-state index contributed by atoms with van der Waals surface area (Å²) >= 11 is 0. The van der Waals surface area contributed by atoms with Gasteiger partial charge in [-0.05, 0) is 19.3 Å². The van der Waals surface area contributed by atoms with Gasteiger partial charge in [0.05, 0.1) is 0 Å². The zero-order valence-corrected chi connectivity index (χ0v) is 22.9. The largest absolute Gasteiger partial charge is 0.500 e. The summed E-state index contributed by atoms with van der Waals surface area (Å²) < 4.78 is 16.7. The van der Waals surface area contributed by atoms with E-state index >= 15 is 0 Å². The van der Waals surface area contributed by atoms with Crippen LogP contribution in [0.2, 0.25) is 6.04 Å². The first kappa shape index (κ1) is 32.5. The smallest absolute Gasteiger partial charge is 0.377 e. The molecule has 0 aromatic rings. The highest BCUT2D eigenvalue weighted by molar-refractivity contribution is 6.60. The average molecular weight is 468 g/mol. The second kappa shape index (κ2) is 20.0. The number of hydrogen-bond acceptors (Lipinski definition) is 4.